The molecule has 2 rings (SSSR count). The summed E-state index contributed by atoms with van der Waals surface area (Å²) < 4.78 is 10.8. The molecule has 4 heteroatoms. The molecule has 0 bridgehead atoms. The van der Waals surface area contributed by atoms with Gasteiger partial charge in [-0.25, -0.2) is 9.97 Å². The van der Waals surface area contributed by atoms with Crippen molar-refractivity contribution in [1.82, 2.24) is 9.97 Å². The maximum absolute atomic E-state index is 5.62. The maximum Gasteiger partial charge on any atom is 0.232 e. The quantitative estimate of drug-likeness (QED) is 0.639. The lowest BCUT2D eigenvalue weighted by Crippen LogP contribution is -2.00. The zero-order valence-electron chi connectivity index (χ0n) is 13.4. The van der Waals surface area contributed by atoms with Crippen molar-refractivity contribution < 1.29 is 9.47 Å². The SMILES string of the molecule is CCCCCCCOc1cnc(-c2ccc(OC)cc2)cn1. The van der Waals surface area contributed by atoms with E-state index in [1.807, 2.05) is 24.3 Å². The van der Waals surface area contributed by atoms with Gasteiger partial charge in [-0.1, -0.05) is 32.6 Å². The van der Waals surface area contributed by atoms with E-state index in [9.17, 15) is 0 Å². The Bertz CT molecular complexity index is 538. The number of methoxy groups -OCH3 is 1. The molecule has 0 aliphatic rings. The smallest absolute Gasteiger partial charge is 0.232 e. The molecule has 1 aromatic heterocycles. The third kappa shape index (κ3) is 5.02. The molecule has 0 aliphatic carbocycles. The summed E-state index contributed by atoms with van der Waals surface area (Å²) in [6, 6.07) is 7.77. The highest BCUT2D eigenvalue weighted by atomic mass is 16.5. The van der Waals surface area contributed by atoms with Gasteiger partial charge in [-0.15, -0.1) is 0 Å². The first-order valence-electron chi connectivity index (χ1n) is 7.92. The normalized spacial score (nSPS) is 10.5. The molecule has 0 amide bonds. The van der Waals surface area contributed by atoms with E-state index in [1.54, 1.807) is 19.5 Å². The van der Waals surface area contributed by atoms with E-state index in [-0.39, 0.29) is 0 Å². The number of hydrogen-bond donors (Lipinski definition) is 0. The Balaban J connectivity index is 1.82. The predicted molar refractivity (Wildman–Crippen MR) is 88.3 cm³/mol. The zero-order valence-corrected chi connectivity index (χ0v) is 13.4. The van der Waals surface area contributed by atoms with Gasteiger partial charge in [-0.2, -0.15) is 0 Å². The summed E-state index contributed by atoms with van der Waals surface area (Å²) in [7, 11) is 1.66. The zero-order chi connectivity index (χ0) is 15.6. The molecule has 1 aromatic carbocycles. The van der Waals surface area contributed by atoms with Crippen LogP contribution in [0.25, 0.3) is 11.3 Å². The lowest BCUT2D eigenvalue weighted by atomic mass is 10.1. The van der Waals surface area contributed by atoms with Crippen LogP contribution in [-0.2, 0) is 0 Å². The lowest BCUT2D eigenvalue weighted by Gasteiger charge is -2.06. The second-order valence-corrected chi connectivity index (χ2v) is 5.23. The summed E-state index contributed by atoms with van der Waals surface area (Å²) in [5.41, 5.74) is 1.84. The van der Waals surface area contributed by atoms with Gasteiger partial charge in [0.15, 0.2) is 0 Å². The molecule has 0 radical (unpaired) electrons. The molecule has 22 heavy (non-hydrogen) atoms. The largest absolute Gasteiger partial charge is 0.497 e. The Labute approximate surface area is 132 Å². The topological polar surface area (TPSA) is 44.2 Å². The predicted octanol–water partition coefficient (Wildman–Crippen LogP) is 4.50. The molecule has 0 aliphatic heterocycles. The summed E-state index contributed by atoms with van der Waals surface area (Å²) in [5, 5.41) is 0. The van der Waals surface area contributed by atoms with Crippen LogP contribution in [0.4, 0.5) is 0 Å². The van der Waals surface area contributed by atoms with E-state index >= 15 is 0 Å². The number of rotatable bonds is 9. The Kier molecular flexibility index (Phi) is 6.68. The molecule has 4 nitrogen and oxygen atoms in total. The molecule has 0 fully saturated rings. The third-order valence-electron chi connectivity index (χ3n) is 3.51. The Hall–Kier alpha value is -2.10. The first kappa shape index (κ1) is 16.3. The van der Waals surface area contributed by atoms with E-state index < -0.39 is 0 Å². The monoisotopic (exact) mass is 300 g/mol. The van der Waals surface area contributed by atoms with Gasteiger partial charge in [0, 0.05) is 5.56 Å². The van der Waals surface area contributed by atoms with Gasteiger partial charge in [-0.3, -0.25) is 0 Å². The van der Waals surface area contributed by atoms with Gasteiger partial charge in [0.05, 0.1) is 31.8 Å². The molecule has 0 atom stereocenters. The molecule has 1 heterocycles. The van der Waals surface area contributed by atoms with Gasteiger partial charge in [0.2, 0.25) is 5.88 Å². The number of aromatic nitrogens is 2. The first-order chi connectivity index (χ1) is 10.8. The van der Waals surface area contributed by atoms with Crippen molar-refractivity contribution in [2.75, 3.05) is 13.7 Å². The second kappa shape index (κ2) is 9.03. The standard InChI is InChI=1S/C18H24N2O2/c1-3-4-5-6-7-12-22-18-14-19-17(13-20-18)15-8-10-16(21-2)11-9-15/h8-11,13-14H,3-7,12H2,1-2H3. The van der Waals surface area contributed by atoms with E-state index in [0.29, 0.717) is 12.5 Å². The minimum absolute atomic E-state index is 0.591. The van der Waals surface area contributed by atoms with Crippen LogP contribution >= 0.6 is 0 Å². The van der Waals surface area contributed by atoms with Crippen LogP contribution in [-0.4, -0.2) is 23.7 Å². The highest BCUT2D eigenvalue weighted by Gasteiger charge is 2.02. The van der Waals surface area contributed by atoms with Crippen LogP contribution in [0.1, 0.15) is 39.0 Å². The van der Waals surface area contributed by atoms with Gasteiger partial charge in [0.25, 0.3) is 0 Å². The minimum Gasteiger partial charge on any atom is -0.497 e. The average molecular weight is 300 g/mol. The summed E-state index contributed by atoms with van der Waals surface area (Å²) in [6.45, 7) is 2.93. The fraction of sp³-hybridized carbons (Fsp3) is 0.444. The molecule has 2 aromatic rings. The summed E-state index contributed by atoms with van der Waals surface area (Å²) in [4.78, 5) is 8.72. The summed E-state index contributed by atoms with van der Waals surface area (Å²) >= 11 is 0. The van der Waals surface area contributed by atoms with Crippen molar-refractivity contribution in [2.24, 2.45) is 0 Å². The maximum atomic E-state index is 5.62. The van der Waals surface area contributed by atoms with Crippen LogP contribution in [0.2, 0.25) is 0 Å². The fourth-order valence-electron chi connectivity index (χ4n) is 2.18. The van der Waals surface area contributed by atoms with Crippen molar-refractivity contribution in [3.63, 3.8) is 0 Å². The number of unbranched alkanes of at least 4 members (excludes halogenated alkanes) is 4. The Morgan fingerprint density at radius 2 is 1.68 bits per heavy atom. The minimum atomic E-state index is 0.591. The lowest BCUT2D eigenvalue weighted by molar-refractivity contribution is 0.292. The molecule has 118 valence electrons. The van der Waals surface area contributed by atoms with Crippen LogP contribution in [0.5, 0.6) is 11.6 Å². The van der Waals surface area contributed by atoms with Crippen molar-refractivity contribution >= 4 is 0 Å². The van der Waals surface area contributed by atoms with Gasteiger partial charge in [-0.05, 0) is 30.7 Å². The molecule has 0 spiro atoms. The Morgan fingerprint density at radius 3 is 2.32 bits per heavy atom. The molecule has 0 saturated heterocycles. The third-order valence-corrected chi connectivity index (χ3v) is 3.51. The van der Waals surface area contributed by atoms with Gasteiger partial charge in [0.1, 0.15) is 5.75 Å². The molecular formula is C18H24N2O2. The van der Waals surface area contributed by atoms with Crippen molar-refractivity contribution in [3.05, 3.63) is 36.7 Å². The molecule has 0 saturated carbocycles. The van der Waals surface area contributed by atoms with E-state index in [2.05, 4.69) is 16.9 Å². The van der Waals surface area contributed by atoms with E-state index in [0.717, 1.165) is 23.4 Å². The van der Waals surface area contributed by atoms with E-state index in [1.165, 1.54) is 25.7 Å². The average Bonchev–Trinajstić information content (AvgIpc) is 2.59. The van der Waals surface area contributed by atoms with Crippen LogP contribution in [0, 0.1) is 0 Å². The highest BCUT2D eigenvalue weighted by Crippen LogP contribution is 2.20. The number of hydrogen-bond acceptors (Lipinski definition) is 4. The van der Waals surface area contributed by atoms with Crippen molar-refractivity contribution in [1.29, 1.82) is 0 Å². The van der Waals surface area contributed by atoms with Crippen molar-refractivity contribution in [3.8, 4) is 22.9 Å². The molecule has 0 unspecified atom stereocenters. The summed E-state index contributed by atoms with van der Waals surface area (Å²) in [6.07, 6.45) is 9.56. The number of nitrogens with zero attached hydrogens (tertiary/aromatic N) is 2. The van der Waals surface area contributed by atoms with E-state index in [4.69, 9.17) is 9.47 Å². The van der Waals surface area contributed by atoms with Crippen LogP contribution in [0.3, 0.4) is 0 Å². The van der Waals surface area contributed by atoms with Gasteiger partial charge >= 0.3 is 0 Å². The van der Waals surface area contributed by atoms with Crippen LogP contribution < -0.4 is 9.47 Å². The molecular weight excluding hydrogens is 276 g/mol. The van der Waals surface area contributed by atoms with Gasteiger partial charge < -0.3 is 9.47 Å². The molecule has 0 N–H and O–H groups in total. The first-order valence-corrected chi connectivity index (χ1v) is 7.92. The second-order valence-electron chi connectivity index (χ2n) is 5.23. The van der Waals surface area contributed by atoms with Crippen molar-refractivity contribution in [2.45, 2.75) is 39.0 Å². The van der Waals surface area contributed by atoms with Crippen LogP contribution in [0.15, 0.2) is 36.7 Å². The summed E-state index contributed by atoms with van der Waals surface area (Å²) in [5.74, 6) is 1.42. The fourth-order valence-corrected chi connectivity index (χ4v) is 2.18. The number of ether oxygens (including phenoxy) is 2. The number of benzene rings is 1. The highest BCUT2D eigenvalue weighted by molar-refractivity contribution is 5.59. The Morgan fingerprint density at radius 1 is 0.909 bits per heavy atom.